The average Bonchev–Trinajstić information content (AvgIpc) is 1.67. The lowest BCUT2D eigenvalue weighted by Gasteiger charge is -2.08. The molecule has 1 amide bonds. The van der Waals surface area contributed by atoms with Gasteiger partial charge in [0, 0.05) is 13.6 Å². The normalized spacial score (nSPS) is 8.88. The standard InChI is InChI=1S/C4H7ClFNO/c1-7(3-2-6)4(5)8/h2-3H2,1H3. The topological polar surface area (TPSA) is 20.3 Å². The lowest BCUT2D eigenvalue weighted by molar-refractivity contribution is 0.228. The van der Waals surface area contributed by atoms with Crippen LogP contribution in [0.1, 0.15) is 0 Å². The van der Waals surface area contributed by atoms with E-state index in [1.807, 2.05) is 0 Å². The zero-order valence-corrected chi connectivity index (χ0v) is 5.28. The Bertz CT molecular complexity index is 88.1. The van der Waals surface area contributed by atoms with E-state index in [9.17, 15) is 9.18 Å². The first kappa shape index (κ1) is 7.69. The van der Waals surface area contributed by atoms with Crippen LogP contribution >= 0.6 is 11.6 Å². The molecule has 0 atom stereocenters. The highest BCUT2D eigenvalue weighted by Gasteiger charge is 2.00. The predicted molar refractivity (Wildman–Crippen MR) is 29.9 cm³/mol. The van der Waals surface area contributed by atoms with E-state index in [1.165, 1.54) is 7.05 Å². The van der Waals surface area contributed by atoms with Gasteiger partial charge in [0.15, 0.2) is 0 Å². The van der Waals surface area contributed by atoms with Gasteiger partial charge in [-0.15, -0.1) is 0 Å². The molecule has 2 nitrogen and oxygen atoms in total. The molecule has 48 valence electrons. The van der Waals surface area contributed by atoms with Gasteiger partial charge in [0.2, 0.25) is 0 Å². The van der Waals surface area contributed by atoms with Gasteiger partial charge >= 0.3 is 5.37 Å². The van der Waals surface area contributed by atoms with E-state index in [0.29, 0.717) is 0 Å². The second-order valence-corrected chi connectivity index (χ2v) is 1.69. The fourth-order valence-electron chi connectivity index (χ4n) is 0.215. The highest BCUT2D eigenvalue weighted by molar-refractivity contribution is 6.62. The molecule has 4 heteroatoms. The third-order valence-electron chi connectivity index (χ3n) is 0.720. The average molecular weight is 140 g/mol. The van der Waals surface area contributed by atoms with Crippen LogP contribution in [-0.2, 0) is 0 Å². The Balaban J connectivity index is 3.32. The summed E-state index contributed by atoms with van der Waals surface area (Å²) in [4.78, 5) is 11.2. The summed E-state index contributed by atoms with van der Waals surface area (Å²) in [6.45, 7) is -0.475. The fraction of sp³-hybridized carbons (Fsp3) is 0.750. The molecule has 0 fully saturated rings. The van der Waals surface area contributed by atoms with Gasteiger partial charge in [-0.3, -0.25) is 4.79 Å². The summed E-state index contributed by atoms with van der Waals surface area (Å²) in [5.41, 5.74) is 0. The van der Waals surface area contributed by atoms with Crippen LogP contribution in [0.2, 0.25) is 0 Å². The predicted octanol–water partition coefficient (Wildman–Crippen LogP) is 1.25. The summed E-state index contributed by atoms with van der Waals surface area (Å²) >= 11 is 4.93. The van der Waals surface area contributed by atoms with Crippen LogP contribution in [0.15, 0.2) is 0 Å². The Kier molecular flexibility index (Phi) is 3.52. The monoisotopic (exact) mass is 139 g/mol. The van der Waals surface area contributed by atoms with E-state index in [0.717, 1.165) is 4.90 Å². The molecule has 0 aliphatic rings. The van der Waals surface area contributed by atoms with Crippen LogP contribution in [0.25, 0.3) is 0 Å². The number of amides is 1. The minimum absolute atomic E-state index is 0.0718. The highest BCUT2D eigenvalue weighted by atomic mass is 35.5. The van der Waals surface area contributed by atoms with Crippen molar-refractivity contribution in [2.45, 2.75) is 0 Å². The minimum Gasteiger partial charge on any atom is -0.330 e. The van der Waals surface area contributed by atoms with Crippen molar-refractivity contribution in [1.29, 1.82) is 0 Å². The summed E-state index contributed by atoms with van der Waals surface area (Å²) in [6.07, 6.45) is 0. The Morgan fingerprint density at radius 2 is 2.38 bits per heavy atom. The molecule has 0 heterocycles. The van der Waals surface area contributed by atoms with Crippen molar-refractivity contribution in [1.82, 2.24) is 4.90 Å². The molecule has 0 aromatic heterocycles. The Hall–Kier alpha value is -0.310. The smallest absolute Gasteiger partial charge is 0.316 e. The van der Waals surface area contributed by atoms with Gasteiger partial charge in [-0.1, -0.05) is 0 Å². The second kappa shape index (κ2) is 3.66. The molecule has 0 aliphatic heterocycles. The Labute approximate surface area is 52.2 Å². The number of hydrogen-bond acceptors (Lipinski definition) is 1. The van der Waals surface area contributed by atoms with Gasteiger partial charge in [0.1, 0.15) is 6.67 Å². The zero-order chi connectivity index (χ0) is 6.57. The van der Waals surface area contributed by atoms with Crippen molar-refractivity contribution in [2.75, 3.05) is 20.3 Å². The van der Waals surface area contributed by atoms with Gasteiger partial charge < -0.3 is 4.90 Å². The maximum Gasteiger partial charge on any atom is 0.316 e. The molecule has 0 aliphatic carbocycles. The summed E-state index contributed by atoms with van der Waals surface area (Å²) < 4.78 is 11.4. The quantitative estimate of drug-likeness (QED) is 0.417. The number of alkyl halides is 1. The first-order chi connectivity index (χ1) is 3.68. The highest BCUT2D eigenvalue weighted by Crippen LogP contribution is 1.90. The van der Waals surface area contributed by atoms with Crippen LogP contribution < -0.4 is 0 Å². The van der Waals surface area contributed by atoms with E-state index in [4.69, 9.17) is 11.6 Å². The lowest BCUT2D eigenvalue weighted by Crippen LogP contribution is -2.22. The molecule has 0 saturated heterocycles. The number of carbonyl (C=O) groups is 1. The third kappa shape index (κ3) is 2.80. The van der Waals surface area contributed by atoms with Gasteiger partial charge in [-0.05, 0) is 11.6 Å². The molecule has 8 heavy (non-hydrogen) atoms. The molecule has 0 rings (SSSR count). The van der Waals surface area contributed by atoms with Crippen LogP contribution in [0.3, 0.4) is 0 Å². The fourth-order valence-corrected chi connectivity index (χ4v) is 0.299. The molecule has 0 bridgehead atoms. The van der Waals surface area contributed by atoms with E-state index >= 15 is 0 Å². The molecule has 0 radical (unpaired) electrons. The van der Waals surface area contributed by atoms with E-state index in [1.54, 1.807) is 0 Å². The Morgan fingerprint density at radius 1 is 1.88 bits per heavy atom. The summed E-state index contributed by atoms with van der Waals surface area (Å²) in [5, 5.41) is -0.623. The summed E-state index contributed by atoms with van der Waals surface area (Å²) in [7, 11) is 1.44. The molecular weight excluding hydrogens is 133 g/mol. The number of rotatable bonds is 2. The van der Waals surface area contributed by atoms with Crippen molar-refractivity contribution in [2.24, 2.45) is 0 Å². The number of halogens is 2. The number of nitrogens with zero attached hydrogens (tertiary/aromatic N) is 1. The maximum absolute atomic E-state index is 11.4. The molecule has 0 aromatic carbocycles. The third-order valence-corrected chi connectivity index (χ3v) is 1.01. The van der Waals surface area contributed by atoms with Crippen LogP contribution in [0.5, 0.6) is 0 Å². The van der Waals surface area contributed by atoms with Crippen LogP contribution in [0.4, 0.5) is 9.18 Å². The molecular formula is C4H7ClFNO. The van der Waals surface area contributed by atoms with Crippen molar-refractivity contribution in [3.8, 4) is 0 Å². The van der Waals surface area contributed by atoms with E-state index < -0.39 is 12.0 Å². The minimum atomic E-state index is -0.623. The van der Waals surface area contributed by atoms with Crippen LogP contribution in [-0.4, -0.2) is 30.5 Å². The molecule has 0 spiro atoms. The van der Waals surface area contributed by atoms with Crippen molar-refractivity contribution < 1.29 is 9.18 Å². The SMILES string of the molecule is CN(CCF)C(=O)Cl. The number of carbonyl (C=O) groups excluding carboxylic acids is 1. The molecule has 0 saturated carbocycles. The zero-order valence-electron chi connectivity index (χ0n) is 4.53. The van der Waals surface area contributed by atoms with Gasteiger partial charge in [0.05, 0.1) is 0 Å². The van der Waals surface area contributed by atoms with Gasteiger partial charge in [-0.25, -0.2) is 4.39 Å². The van der Waals surface area contributed by atoms with Gasteiger partial charge in [0.25, 0.3) is 0 Å². The first-order valence-corrected chi connectivity index (χ1v) is 2.53. The maximum atomic E-state index is 11.4. The van der Waals surface area contributed by atoms with E-state index in [-0.39, 0.29) is 6.54 Å². The van der Waals surface area contributed by atoms with Crippen molar-refractivity contribution in [3.05, 3.63) is 0 Å². The molecule has 0 unspecified atom stereocenters. The van der Waals surface area contributed by atoms with E-state index in [2.05, 4.69) is 0 Å². The first-order valence-electron chi connectivity index (χ1n) is 2.15. The van der Waals surface area contributed by atoms with Gasteiger partial charge in [-0.2, -0.15) is 0 Å². The lowest BCUT2D eigenvalue weighted by atomic mass is 10.7. The molecule has 0 aromatic rings. The largest absolute Gasteiger partial charge is 0.330 e. The molecule has 0 N–H and O–H groups in total. The second-order valence-electron chi connectivity index (χ2n) is 1.36. The summed E-state index contributed by atoms with van der Waals surface area (Å²) in [5.74, 6) is 0. The summed E-state index contributed by atoms with van der Waals surface area (Å²) in [6, 6.07) is 0. The van der Waals surface area contributed by atoms with Crippen molar-refractivity contribution >= 4 is 17.0 Å². The number of hydrogen-bond donors (Lipinski definition) is 0. The van der Waals surface area contributed by atoms with Crippen LogP contribution in [0, 0.1) is 0 Å². The van der Waals surface area contributed by atoms with Crippen molar-refractivity contribution in [3.63, 3.8) is 0 Å². The Morgan fingerprint density at radius 3 is 2.50 bits per heavy atom.